The molecule has 0 aliphatic rings. The van der Waals surface area contributed by atoms with Gasteiger partial charge in [-0.05, 0) is 83.9 Å². The summed E-state index contributed by atoms with van der Waals surface area (Å²) in [6.07, 6.45) is 10.6. The lowest BCUT2D eigenvalue weighted by molar-refractivity contribution is 0.584. The number of hydrogen-bond acceptors (Lipinski definition) is 12. The molecule has 278 valence electrons. The second-order valence-corrected chi connectivity index (χ2v) is 13.0. The van der Waals surface area contributed by atoms with E-state index in [-0.39, 0.29) is 0 Å². The zero-order valence-corrected chi connectivity index (χ0v) is 31.6. The van der Waals surface area contributed by atoms with Crippen molar-refractivity contribution in [2.75, 3.05) is 0 Å². The highest BCUT2D eigenvalue weighted by atomic mass is 32.1. The van der Waals surface area contributed by atoms with E-state index in [9.17, 15) is 0 Å². The molecule has 0 radical (unpaired) electrons. The zero-order chi connectivity index (χ0) is 39.2. The Morgan fingerprint density at radius 3 is 1.26 bits per heavy atom. The van der Waals surface area contributed by atoms with Gasteiger partial charge in [0.15, 0.2) is 11.6 Å². The molecule has 0 amide bonds. The maximum Gasteiger partial charge on any atom is 0.248 e. The van der Waals surface area contributed by atoms with Crippen LogP contribution in [0.5, 0.6) is 0 Å². The van der Waals surface area contributed by atoms with Crippen molar-refractivity contribution in [3.05, 3.63) is 192 Å². The van der Waals surface area contributed by atoms with Crippen LogP contribution in [0.4, 0.5) is 23.0 Å². The molecule has 4 heterocycles. The molecule has 0 saturated heterocycles. The third-order valence-electron chi connectivity index (χ3n) is 8.43. The van der Waals surface area contributed by atoms with Crippen molar-refractivity contribution in [3.63, 3.8) is 0 Å². The summed E-state index contributed by atoms with van der Waals surface area (Å²) in [7, 11) is 0. The maximum absolute atomic E-state index is 5.90. The highest BCUT2D eigenvalue weighted by Crippen LogP contribution is 2.27. The molecule has 4 aromatic heterocycles. The van der Waals surface area contributed by atoms with E-state index in [1.807, 2.05) is 170 Å². The fourth-order valence-electron chi connectivity index (χ4n) is 5.46. The topological polar surface area (TPSA) is 140 Å². The molecule has 11 nitrogen and oxygen atoms in total. The summed E-state index contributed by atoms with van der Waals surface area (Å²) >= 11 is 1.17. The fraction of sp³-hybridized carbons (Fsp3) is 0. The molecule has 0 fully saturated rings. The Morgan fingerprint density at radius 1 is 0.414 bits per heavy atom. The van der Waals surface area contributed by atoms with Crippen LogP contribution < -0.4 is 0 Å². The lowest BCUT2D eigenvalue weighted by Gasteiger charge is -1.99. The maximum atomic E-state index is 5.90. The monoisotopic (exact) mass is 772 g/mol. The van der Waals surface area contributed by atoms with Gasteiger partial charge in [0.25, 0.3) is 0 Å². The second kappa shape index (κ2) is 18.6. The van der Waals surface area contributed by atoms with E-state index >= 15 is 0 Å². The fourth-order valence-corrected chi connectivity index (χ4v) is 6.05. The number of nitrogens with zero attached hydrogens (tertiary/aromatic N) is 10. The predicted molar refractivity (Wildman–Crippen MR) is 233 cm³/mol. The molecule has 0 saturated carbocycles. The summed E-state index contributed by atoms with van der Waals surface area (Å²) < 4.78 is 14.7. The zero-order valence-electron chi connectivity index (χ0n) is 30.8. The third kappa shape index (κ3) is 9.82. The molecule has 0 aliphatic carbocycles. The molecule has 0 unspecified atom stereocenters. The van der Waals surface area contributed by atoms with Gasteiger partial charge in [-0.15, -0.1) is 10.2 Å². The molecule has 5 aromatic carbocycles. The molecule has 0 atom stereocenters. The van der Waals surface area contributed by atoms with Gasteiger partial charge in [0, 0.05) is 59.5 Å². The molecule has 0 N–H and O–H groups in total. The van der Waals surface area contributed by atoms with E-state index in [0.717, 1.165) is 55.8 Å². The predicted octanol–water partition coefficient (Wildman–Crippen LogP) is 10.9. The van der Waals surface area contributed by atoms with Crippen molar-refractivity contribution in [1.29, 1.82) is 0 Å². The van der Waals surface area contributed by atoms with Gasteiger partial charge in [-0.25, -0.2) is 20.0 Å². The van der Waals surface area contributed by atoms with Crippen LogP contribution in [0.3, 0.4) is 0 Å². The highest BCUT2D eigenvalue weighted by molar-refractivity contribution is 7.00. The normalized spacial score (nSPS) is 11.5. The SMILES string of the molecule is C(=N\c1ccccn1)/c1ccc(/C=N/c2ccccn2)c2nsnc12.C(=Nc1ccc(-c2nnc(-c3ccc(N=Cc4ccccc4)cc3)o2)cc1)c1ccccc1. The summed E-state index contributed by atoms with van der Waals surface area (Å²) in [6.45, 7) is 0. The quantitative estimate of drug-likeness (QED) is 0.126. The minimum Gasteiger partial charge on any atom is -0.416 e. The number of aliphatic imine (C=N–C) groups is 4. The van der Waals surface area contributed by atoms with Crippen LogP contribution >= 0.6 is 11.7 Å². The van der Waals surface area contributed by atoms with Gasteiger partial charge in [0.05, 0.1) is 23.1 Å². The Morgan fingerprint density at radius 2 is 0.845 bits per heavy atom. The number of pyridine rings is 2. The lowest BCUT2D eigenvalue weighted by Crippen LogP contribution is -1.90. The Labute approximate surface area is 338 Å². The average Bonchev–Trinajstić information content (AvgIpc) is 4.01. The number of hydrogen-bond donors (Lipinski definition) is 0. The summed E-state index contributed by atoms with van der Waals surface area (Å²) in [5.74, 6) is 2.24. The van der Waals surface area contributed by atoms with E-state index < -0.39 is 0 Å². The van der Waals surface area contributed by atoms with Crippen molar-refractivity contribution in [2.45, 2.75) is 0 Å². The van der Waals surface area contributed by atoms with Crippen LogP contribution in [-0.2, 0) is 0 Å². The first-order valence-electron chi connectivity index (χ1n) is 18.1. The van der Waals surface area contributed by atoms with E-state index in [0.29, 0.717) is 23.4 Å². The van der Waals surface area contributed by atoms with E-state index in [1.54, 1.807) is 24.8 Å². The number of aromatic nitrogens is 6. The number of benzene rings is 5. The van der Waals surface area contributed by atoms with Gasteiger partial charge in [-0.1, -0.05) is 84.9 Å². The van der Waals surface area contributed by atoms with Crippen molar-refractivity contribution in [1.82, 2.24) is 28.9 Å². The summed E-state index contributed by atoms with van der Waals surface area (Å²) in [6, 6.07) is 50.5. The molecule has 0 bridgehead atoms. The summed E-state index contributed by atoms with van der Waals surface area (Å²) in [4.78, 5) is 26.1. The van der Waals surface area contributed by atoms with Crippen LogP contribution in [0, 0.1) is 0 Å². The van der Waals surface area contributed by atoms with Crippen LogP contribution in [0.2, 0.25) is 0 Å². The first-order chi connectivity index (χ1) is 28.7. The summed E-state index contributed by atoms with van der Waals surface area (Å²) in [5.41, 5.74) is 8.90. The van der Waals surface area contributed by atoms with Crippen molar-refractivity contribution >= 4 is 70.6 Å². The molecule has 9 rings (SSSR count). The average molecular weight is 773 g/mol. The first kappa shape index (κ1) is 37.0. The smallest absolute Gasteiger partial charge is 0.248 e. The minimum atomic E-state index is 0.467. The van der Waals surface area contributed by atoms with Gasteiger partial charge in [-0.3, -0.25) is 9.98 Å². The second-order valence-electron chi connectivity index (χ2n) is 12.4. The molecular weight excluding hydrogens is 741 g/mol. The largest absolute Gasteiger partial charge is 0.416 e. The van der Waals surface area contributed by atoms with Gasteiger partial charge in [0.1, 0.15) is 11.0 Å². The lowest BCUT2D eigenvalue weighted by atomic mass is 10.1. The third-order valence-corrected chi connectivity index (χ3v) is 8.95. The van der Waals surface area contributed by atoms with Crippen molar-refractivity contribution in [3.8, 4) is 22.9 Å². The van der Waals surface area contributed by atoms with E-state index in [2.05, 4.69) is 48.9 Å². The van der Waals surface area contributed by atoms with Crippen LogP contribution in [0.25, 0.3) is 33.9 Å². The van der Waals surface area contributed by atoms with E-state index in [1.165, 1.54) is 11.7 Å². The van der Waals surface area contributed by atoms with E-state index in [4.69, 9.17) is 4.42 Å². The molecule has 0 spiro atoms. The molecule has 0 aliphatic heterocycles. The Kier molecular flexibility index (Phi) is 11.9. The van der Waals surface area contributed by atoms with Crippen LogP contribution in [0.1, 0.15) is 22.3 Å². The van der Waals surface area contributed by atoms with Gasteiger partial charge < -0.3 is 4.42 Å². The number of fused-ring (bicyclic) bond motifs is 1. The standard InChI is InChI=1S/C28H20N4O.C18H12N6S/c1-3-7-21(8-4-1)19-29-25-15-11-23(12-16-25)27-31-32-28(33-27)24-13-17-26(18-14-24)30-20-22-9-5-2-6-10-22;1-3-9-19-15(5-1)21-11-13-7-8-14(18-17(13)23-25-24-18)12-22-16-6-2-4-10-20-16/h1-20H;1-12H/b;21-11+,22-12+. The van der Waals surface area contributed by atoms with Crippen LogP contribution in [0.15, 0.2) is 195 Å². The minimum absolute atomic E-state index is 0.467. The van der Waals surface area contributed by atoms with Gasteiger partial charge in [0.2, 0.25) is 11.8 Å². The molecule has 58 heavy (non-hydrogen) atoms. The van der Waals surface area contributed by atoms with Crippen molar-refractivity contribution < 1.29 is 4.42 Å². The molecular formula is C46H32N10OS. The van der Waals surface area contributed by atoms with Gasteiger partial charge >= 0.3 is 0 Å². The van der Waals surface area contributed by atoms with Crippen LogP contribution in [-0.4, -0.2) is 53.8 Å². The Hall–Kier alpha value is -7.96. The summed E-state index contributed by atoms with van der Waals surface area (Å²) in [5, 5.41) is 8.40. The highest BCUT2D eigenvalue weighted by Gasteiger charge is 2.11. The Balaban J connectivity index is 0.000000168. The molecule has 12 heteroatoms. The van der Waals surface area contributed by atoms with Gasteiger partial charge in [-0.2, -0.15) is 8.75 Å². The van der Waals surface area contributed by atoms with Crippen molar-refractivity contribution in [2.24, 2.45) is 20.0 Å². The first-order valence-corrected chi connectivity index (χ1v) is 18.8. The Bertz CT molecular complexity index is 2610. The molecule has 9 aromatic rings. The number of rotatable bonds is 10.